The SMILES string of the molecule is CCn1c(-c2ccc(N(N)C(=O)c3ccccc3)cc2)c(C#N)c2ccc(OC(C)C)cc21. The Morgan fingerprint density at radius 3 is 2.39 bits per heavy atom. The molecule has 33 heavy (non-hydrogen) atoms. The summed E-state index contributed by atoms with van der Waals surface area (Å²) in [5.41, 5.74) is 4.35. The van der Waals surface area contributed by atoms with Crippen molar-refractivity contribution in [1.82, 2.24) is 4.57 Å². The van der Waals surface area contributed by atoms with Crippen LogP contribution in [0.5, 0.6) is 5.75 Å². The van der Waals surface area contributed by atoms with Crippen molar-refractivity contribution < 1.29 is 9.53 Å². The number of hydrazine groups is 1. The number of nitrogens with two attached hydrogens (primary N) is 1. The number of fused-ring (bicyclic) bond motifs is 1. The molecule has 0 saturated carbocycles. The Morgan fingerprint density at radius 1 is 1.09 bits per heavy atom. The number of anilines is 1. The Balaban J connectivity index is 1.74. The topological polar surface area (TPSA) is 84.3 Å². The molecule has 0 atom stereocenters. The first kappa shape index (κ1) is 22.1. The van der Waals surface area contributed by atoms with Crippen molar-refractivity contribution in [3.05, 3.63) is 83.9 Å². The van der Waals surface area contributed by atoms with Crippen molar-refractivity contribution in [1.29, 1.82) is 5.26 Å². The monoisotopic (exact) mass is 438 g/mol. The van der Waals surface area contributed by atoms with Crippen LogP contribution in [-0.4, -0.2) is 16.6 Å². The number of hydrogen-bond acceptors (Lipinski definition) is 4. The second kappa shape index (κ2) is 9.19. The van der Waals surface area contributed by atoms with E-state index in [1.54, 1.807) is 36.4 Å². The molecule has 166 valence electrons. The molecule has 1 heterocycles. The average molecular weight is 439 g/mol. The predicted molar refractivity (Wildman–Crippen MR) is 131 cm³/mol. The number of aromatic nitrogens is 1. The number of carbonyl (C=O) groups is 1. The van der Waals surface area contributed by atoms with Crippen molar-refractivity contribution in [3.8, 4) is 23.1 Å². The molecular formula is C27H26N4O2. The summed E-state index contributed by atoms with van der Waals surface area (Å²) in [6, 6.07) is 24.5. The van der Waals surface area contributed by atoms with E-state index in [0.717, 1.165) is 32.9 Å². The van der Waals surface area contributed by atoms with E-state index in [1.165, 1.54) is 0 Å². The highest BCUT2D eigenvalue weighted by molar-refractivity contribution is 6.05. The highest BCUT2D eigenvalue weighted by Crippen LogP contribution is 2.36. The standard InChI is InChI=1S/C27H26N4O2/c1-4-30-25-16-22(33-18(2)3)14-15-23(25)24(17-28)26(30)19-10-12-21(13-11-19)31(29)27(32)20-8-6-5-7-9-20/h5-16,18H,4,29H2,1-3H3. The maximum atomic E-state index is 12.7. The Kier molecular flexibility index (Phi) is 6.16. The molecule has 0 saturated heterocycles. The van der Waals surface area contributed by atoms with E-state index in [-0.39, 0.29) is 12.0 Å². The molecule has 6 nitrogen and oxygen atoms in total. The molecule has 2 N–H and O–H groups in total. The van der Waals surface area contributed by atoms with E-state index >= 15 is 0 Å². The molecule has 0 bridgehead atoms. The fraction of sp³-hybridized carbons (Fsp3) is 0.185. The van der Waals surface area contributed by atoms with Gasteiger partial charge in [-0.25, -0.2) is 10.9 Å². The van der Waals surface area contributed by atoms with Crippen molar-refractivity contribution in [3.63, 3.8) is 0 Å². The third-order valence-corrected chi connectivity index (χ3v) is 5.49. The first-order chi connectivity index (χ1) is 15.9. The average Bonchev–Trinajstić information content (AvgIpc) is 3.16. The Bertz CT molecular complexity index is 1330. The maximum absolute atomic E-state index is 12.7. The zero-order valence-corrected chi connectivity index (χ0v) is 18.9. The molecule has 6 heteroatoms. The van der Waals surface area contributed by atoms with E-state index < -0.39 is 0 Å². The molecule has 1 aromatic heterocycles. The van der Waals surface area contributed by atoms with Crippen LogP contribution in [0.2, 0.25) is 0 Å². The lowest BCUT2D eigenvalue weighted by molar-refractivity contribution is 0.0987. The molecule has 0 aliphatic heterocycles. The zero-order chi connectivity index (χ0) is 23.5. The van der Waals surface area contributed by atoms with Gasteiger partial charge in [-0.2, -0.15) is 5.26 Å². The van der Waals surface area contributed by atoms with E-state index in [1.807, 2.05) is 50.2 Å². The zero-order valence-electron chi connectivity index (χ0n) is 18.9. The number of nitrogens with zero attached hydrogens (tertiary/aromatic N) is 3. The molecule has 0 radical (unpaired) electrons. The second-order valence-electron chi connectivity index (χ2n) is 8.01. The minimum absolute atomic E-state index is 0.0627. The molecule has 0 fully saturated rings. The number of amides is 1. The van der Waals surface area contributed by atoms with Crippen LogP contribution in [-0.2, 0) is 6.54 Å². The largest absolute Gasteiger partial charge is 0.491 e. The summed E-state index contributed by atoms with van der Waals surface area (Å²) in [6.07, 6.45) is 0.0627. The number of hydrogen-bond donors (Lipinski definition) is 1. The molecule has 0 unspecified atom stereocenters. The Morgan fingerprint density at radius 2 is 1.79 bits per heavy atom. The molecule has 4 aromatic rings. The summed E-state index contributed by atoms with van der Waals surface area (Å²) in [5.74, 6) is 6.58. The summed E-state index contributed by atoms with van der Waals surface area (Å²) in [7, 11) is 0. The van der Waals surface area contributed by atoms with Gasteiger partial charge in [0.1, 0.15) is 11.8 Å². The van der Waals surface area contributed by atoms with E-state index in [4.69, 9.17) is 10.6 Å². The number of aryl methyl sites for hydroxylation is 1. The fourth-order valence-corrected chi connectivity index (χ4v) is 4.03. The molecule has 4 rings (SSSR count). The van der Waals surface area contributed by atoms with E-state index in [0.29, 0.717) is 23.4 Å². The van der Waals surface area contributed by atoms with Crippen molar-refractivity contribution in [2.75, 3.05) is 5.01 Å². The predicted octanol–water partition coefficient (Wildman–Crippen LogP) is 5.51. The lowest BCUT2D eigenvalue weighted by Crippen LogP contribution is -2.37. The number of benzene rings is 3. The fourth-order valence-electron chi connectivity index (χ4n) is 4.03. The summed E-state index contributed by atoms with van der Waals surface area (Å²) in [6.45, 7) is 6.71. The number of rotatable bonds is 6. The first-order valence-electron chi connectivity index (χ1n) is 10.9. The van der Waals surface area contributed by atoms with Crippen LogP contribution < -0.4 is 15.6 Å². The van der Waals surface area contributed by atoms with Crippen LogP contribution in [0.15, 0.2) is 72.8 Å². The quantitative estimate of drug-likeness (QED) is 0.244. The molecule has 3 aromatic carbocycles. The van der Waals surface area contributed by atoms with Gasteiger partial charge >= 0.3 is 0 Å². The van der Waals surface area contributed by atoms with Crippen LogP contribution in [0.25, 0.3) is 22.2 Å². The summed E-state index contributed by atoms with van der Waals surface area (Å²) < 4.78 is 7.98. The number of carbonyl (C=O) groups excluding carboxylic acids is 1. The highest BCUT2D eigenvalue weighted by Gasteiger charge is 2.20. The smallest absolute Gasteiger partial charge is 0.272 e. The van der Waals surface area contributed by atoms with Crippen LogP contribution in [0.4, 0.5) is 5.69 Å². The van der Waals surface area contributed by atoms with Crippen LogP contribution in [0.3, 0.4) is 0 Å². The van der Waals surface area contributed by atoms with Gasteiger partial charge in [0.25, 0.3) is 5.91 Å². The van der Waals surface area contributed by atoms with Gasteiger partial charge in [-0.15, -0.1) is 0 Å². The van der Waals surface area contributed by atoms with Crippen LogP contribution >= 0.6 is 0 Å². The molecular weight excluding hydrogens is 412 g/mol. The normalized spacial score (nSPS) is 10.9. The second-order valence-corrected chi connectivity index (χ2v) is 8.01. The van der Waals surface area contributed by atoms with Gasteiger partial charge in [0.05, 0.1) is 28.6 Å². The van der Waals surface area contributed by atoms with Crippen molar-refractivity contribution >= 4 is 22.5 Å². The van der Waals surface area contributed by atoms with E-state index in [2.05, 4.69) is 17.6 Å². The van der Waals surface area contributed by atoms with Gasteiger partial charge in [-0.1, -0.05) is 30.3 Å². The summed E-state index contributed by atoms with van der Waals surface area (Å²) in [5, 5.41) is 12.0. The van der Waals surface area contributed by atoms with Crippen molar-refractivity contribution in [2.45, 2.75) is 33.4 Å². The summed E-state index contributed by atoms with van der Waals surface area (Å²) >= 11 is 0. The lowest BCUT2D eigenvalue weighted by atomic mass is 10.1. The minimum Gasteiger partial charge on any atom is -0.491 e. The third-order valence-electron chi connectivity index (χ3n) is 5.49. The van der Waals surface area contributed by atoms with Gasteiger partial charge < -0.3 is 9.30 Å². The lowest BCUT2D eigenvalue weighted by Gasteiger charge is -2.17. The van der Waals surface area contributed by atoms with Gasteiger partial charge in [0.15, 0.2) is 0 Å². The first-order valence-corrected chi connectivity index (χ1v) is 10.9. The maximum Gasteiger partial charge on any atom is 0.272 e. The van der Waals surface area contributed by atoms with Gasteiger partial charge in [-0.05, 0) is 62.7 Å². The highest BCUT2D eigenvalue weighted by atomic mass is 16.5. The van der Waals surface area contributed by atoms with Gasteiger partial charge in [0, 0.05) is 23.6 Å². The van der Waals surface area contributed by atoms with Crippen molar-refractivity contribution in [2.24, 2.45) is 5.84 Å². The third kappa shape index (κ3) is 4.19. The molecule has 0 aliphatic carbocycles. The van der Waals surface area contributed by atoms with Crippen LogP contribution in [0.1, 0.15) is 36.7 Å². The summed E-state index contributed by atoms with van der Waals surface area (Å²) in [4.78, 5) is 12.7. The molecule has 0 spiro atoms. The van der Waals surface area contributed by atoms with Crippen LogP contribution in [0, 0.1) is 11.3 Å². The van der Waals surface area contributed by atoms with Gasteiger partial charge in [-0.3, -0.25) is 4.79 Å². The molecule has 1 amide bonds. The minimum atomic E-state index is -0.290. The van der Waals surface area contributed by atoms with Gasteiger partial charge in [0.2, 0.25) is 0 Å². The Labute approximate surface area is 193 Å². The number of nitriles is 1. The Hall–Kier alpha value is -4.08. The number of ether oxygens (including phenoxy) is 1. The van der Waals surface area contributed by atoms with E-state index in [9.17, 15) is 10.1 Å². The molecule has 0 aliphatic rings.